The minimum absolute atomic E-state index is 0.248. The number of hydrogen-bond acceptors (Lipinski definition) is 5. The van der Waals surface area contributed by atoms with Crippen LogP contribution in [0, 0.1) is 5.82 Å². The van der Waals surface area contributed by atoms with E-state index in [0.29, 0.717) is 6.42 Å². The second-order valence-corrected chi connectivity index (χ2v) is 6.16. The van der Waals surface area contributed by atoms with Crippen LogP contribution in [0.5, 0.6) is 0 Å². The molecule has 0 fully saturated rings. The highest BCUT2D eigenvalue weighted by molar-refractivity contribution is 7.17. The molecule has 0 saturated carbocycles. The van der Waals surface area contributed by atoms with E-state index in [1.165, 1.54) is 23.5 Å². The molecule has 0 amide bonds. The van der Waals surface area contributed by atoms with Gasteiger partial charge in [0.25, 0.3) is 0 Å². The molecule has 5 nitrogen and oxygen atoms in total. The van der Waals surface area contributed by atoms with Gasteiger partial charge in [0.2, 0.25) is 4.96 Å². The lowest BCUT2D eigenvalue weighted by atomic mass is 10.1. The van der Waals surface area contributed by atoms with Gasteiger partial charge in [-0.05, 0) is 35.4 Å². The molecule has 0 N–H and O–H groups in total. The minimum atomic E-state index is -0.248. The normalized spacial score (nSPS) is 11.5. The maximum Gasteiger partial charge on any atom is 0.234 e. The summed E-state index contributed by atoms with van der Waals surface area (Å²) in [6, 6.07) is 10.2. The summed E-state index contributed by atoms with van der Waals surface area (Å²) in [5.41, 5.74) is 1.97. The highest BCUT2D eigenvalue weighted by Gasteiger charge is 2.11. The molecule has 0 radical (unpaired) electrons. The molecule has 4 rings (SSSR count). The van der Waals surface area contributed by atoms with E-state index in [-0.39, 0.29) is 5.82 Å². The van der Waals surface area contributed by atoms with Crippen LogP contribution < -0.4 is 0 Å². The van der Waals surface area contributed by atoms with Gasteiger partial charge in [0.15, 0.2) is 5.82 Å². The Morgan fingerprint density at radius 1 is 1.08 bits per heavy atom. The van der Waals surface area contributed by atoms with Crippen molar-refractivity contribution in [3.8, 4) is 0 Å². The van der Waals surface area contributed by atoms with E-state index < -0.39 is 0 Å². The number of fused-ring (bicyclic) bond motifs is 1. The van der Waals surface area contributed by atoms with Crippen LogP contribution in [0.2, 0.25) is 0 Å². The highest BCUT2D eigenvalue weighted by Crippen LogP contribution is 2.18. The third kappa shape index (κ3) is 3.07. The van der Waals surface area contributed by atoms with E-state index in [2.05, 4.69) is 20.3 Å². The molecule has 1 aromatic carbocycles. The van der Waals surface area contributed by atoms with Crippen LogP contribution in [0.4, 0.5) is 4.39 Å². The number of halogens is 1. The number of aromatic nitrogens is 5. The molecule has 0 saturated heterocycles. The van der Waals surface area contributed by atoms with E-state index >= 15 is 0 Å². The average molecular weight is 337 g/mol. The summed E-state index contributed by atoms with van der Waals surface area (Å²) in [6.45, 7) is 0. The van der Waals surface area contributed by atoms with Crippen molar-refractivity contribution < 1.29 is 4.39 Å². The summed E-state index contributed by atoms with van der Waals surface area (Å²) in [6.07, 6.45) is 7.96. The zero-order valence-electron chi connectivity index (χ0n) is 12.5. The quantitative estimate of drug-likeness (QED) is 0.572. The monoisotopic (exact) mass is 337 g/mol. The molecule has 0 unspecified atom stereocenters. The predicted octanol–water partition coefficient (Wildman–Crippen LogP) is 3.48. The average Bonchev–Trinajstić information content (AvgIpc) is 3.17. The summed E-state index contributed by atoms with van der Waals surface area (Å²) >= 11 is 1.46. The maximum absolute atomic E-state index is 13.0. The van der Waals surface area contributed by atoms with Gasteiger partial charge >= 0.3 is 0 Å². The van der Waals surface area contributed by atoms with Crippen molar-refractivity contribution in [3.05, 3.63) is 76.6 Å². The molecule has 0 spiro atoms. The SMILES string of the molecule is Fc1ccc(Cc2nnc3sc(C=Cc4cccnc4)nn23)cc1. The molecule has 7 heteroatoms. The van der Waals surface area contributed by atoms with Crippen molar-refractivity contribution in [1.82, 2.24) is 24.8 Å². The van der Waals surface area contributed by atoms with E-state index in [1.807, 2.05) is 24.3 Å². The minimum Gasteiger partial charge on any atom is -0.264 e. The van der Waals surface area contributed by atoms with Gasteiger partial charge in [-0.1, -0.05) is 35.6 Å². The first-order valence-corrected chi connectivity index (χ1v) is 8.13. The maximum atomic E-state index is 13.0. The number of benzene rings is 1. The Kier molecular flexibility index (Phi) is 3.84. The van der Waals surface area contributed by atoms with Crippen molar-refractivity contribution in [2.24, 2.45) is 0 Å². The fraction of sp³-hybridized carbons (Fsp3) is 0.0588. The third-order valence-electron chi connectivity index (χ3n) is 3.45. The lowest BCUT2D eigenvalue weighted by Gasteiger charge is -1.97. The van der Waals surface area contributed by atoms with Crippen LogP contribution >= 0.6 is 11.3 Å². The van der Waals surface area contributed by atoms with E-state index in [0.717, 1.165) is 26.9 Å². The molecule has 0 aliphatic rings. The van der Waals surface area contributed by atoms with Gasteiger partial charge in [0.05, 0.1) is 0 Å². The summed E-state index contributed by atoms with van der Waals surface area (Å²) in [5.74, 6) is 0.482. The first-order valence-electron chi connectivity index (χ1n) is 7.31. The van der Waals surface area contributed by atoms with Crippen molar-refractivity contribution in [3.63, 3.8) is 0 Å². The molecule has 24 heavy (non-hydrogen) atoms. The van der Waals surface area contributed by atoms with E-state index in [1.54, 1.807) is 29.0 Å². The Balaban J connectivity index is 1.59. The van der Waals surface area contributed by atoms with E-state index in [9.17, 15) is 4.39 Å². The fourth-order valence-corrected chi connectivity index (χ4v) is 3.04. The van der Waals surface area contributed by atoms with Crippen LogP contribution in [0.25, 0.3) is 17.1 Å². The molecule has 0 atom stereocenters. The highest BCUT2D eigenvalue weighted by atomic mass is 32.1. The summed E-state index contributed by atoms with van der Waals surface area (Å²) < 4.78 is 14.7. The van der Waals surface area contributed by atoms with Crippen LogP contribution in [0.15, 0.2) is 48.8 Å². The first-order chi connectivity index (χ1) is 11.8. The lowest BCUT2D eigenvalue weighted by Crippen LogP contribution is -1.97. The molecule has 0 aliphatic heterocycles. The van der Waals surface area contributed by atoms with Crippen molar-refractivity contribution in [2.45, 2.75) is 6.42 Å². The molecule has 0 bridgehead atoms. The van der Waals surface area contributed by atoms with Gasteiger partial charge in [-0.3, -0.25) is 4.98 Å². The van der Waals surface area contributed by atoms with Gasteiger partial charge in [-0.2, -0.15) is 9.61 Å². The van der Waals surface area contributed by atoms with Crippen molar-refractivity contribution in [1.29, 1.82) is 0 Å². The van der Waals surface area contributed by atoms with Crippen LogP contribution in [0.1, 0.15) is 22.0 Å². The standard InChI is InChI=1S/C17H12FN5S/c18-14-6-3-12(4-7-14)10-15-20-21-17-23(15)22-16(24-17)8-5-13-2-1-9-19-11-13/h1-9,11H,10H2. The Morgan fingerprint density at radius 2 is 1.96 bits per heavy atom. The molecule has 3 aromatic heterocycles. The Morgan fingerprint density at radius 3 is 2.75 bits per heavy atom. The largest absolute Gasteiger partial charge is 0.264 e. The van der Waals surface area contributed by atoms with E-state index in [4.69, 9.17) is 0 Å². The molecule has 118 valence electrons. The van der Waals surface area contributed by atoms with Gasteiger partial charge in [0.1, 0.15) is 10.8 Å². The second kappa shape index (κ2) is 6.29. The fourth-order valence-electron chi connectivity index (χ4n) is 2.28. The Bertz CT molecular complexity index is 989. The molecular weight excluding hydrogens is 325 g/mol. The molecular formula is C17H12FN5S. The van der Waals surface area contributed by atoms with Crippen LogP contribution in [-0.2, 0) is 6.42 Å². The van der Waals surface area contributed by atoms with Crippen LogP contribution in [0.3, 0.4) is 0 Å². The zero-order chi connectivity index (χ0) is 16.4. The van der Waals surface area contributed by atoms with Gasteiger partial charge in [-0.15, -0.1) is 10.2 Å². The number of hydrogen-bond donors (Lipinski definition) is 0. The summed E-state index contributed by atoms with van der Waals surface area (Å²) in [4.78, 5) is 4.81. The summed E-state index contributed by atoms with van der Waals surface area (Å²) in [7, 11) is 0. The zero-order valence-corrected chi connectivity index (χ0v) is 13.3. The topological polar surface area (TPSA) is 56.0 Å². The molecule has 4 aromatic rings. The van der Waals surface area contributed by atoms with Crippen molar-refractivity contribution in [2.75, 3.05) is 0 Å². The smallest absolute Gasteiger partial charge is 0.234 e. The number of pyridine rings is 1. The first kappa shape index (κ1) is 14.6. The van der Waals surface area contributed by atoms with Crippen LogP contribution in [-0.4, -0.2) is 24.8 Å². The van der Waals surface area contributed by atoms with Gasteiger partial charge in [-0.25, -0.2) is 4.39 Å². The number of rotatable bonds is 4. The van der Waals surface area contributed by atoms with Gasteiger partial charge in [0, 0.05) is 18.8 Å². The van der Waals surface area contributed by atoms with Crippen molar-refractivity contribution >= 4 is 28.4 Å². The molecule has 3 heterocycles. The Labute approximate surface area is 141 Å². The second-order valence-electron chi connectivity index (χ2n) is 5.17. The van der Waals surface area contributed by atoms with Gasteiger partial charge < -0.3 is 0 Å². The summed E-state index contributed by atoms with van der Waals surface area (Å²) in [5, 5.41) is 13.7. The Hall–Kier alpha value is -2.93. The number of nitrogens with zero attached hydrogens (tertiary/aromatic N) is 5. The predicted molar refractivity (Wildman–Crippen MR) is 91.0 cm³/mol. The lowest BCUT2D eigenvalue weighted by molar-refractivity contribution is 0.627. The molecule has 0 aliphatic carbocycles. The third-order valence-corrected chi connectivity index (χ3v) is 4.31.